The van der Waals surface area contributed by atoms with Crippen LogP contribution in [0.15, 0.2) is 11.6 Å². The zero-order chi connectivity index (χ0) is 15.2. The van der Waals surface area contributed by atoms with Crippen molar-refractivity contribution in [3.8, 4) is 0 Å². The van der Waals surface area contributed by atoms with Crippen molar-refractivity contribution in [1.29, 1.82) is 0 Å². The van der Waals surface area contributed by atoms with E-state index in [0.29, 0.717) is 5.92 Å². The van der Waals surface area contributed by atoms with Crippen LogP contribution in [-0.4, -0.2) is 54.6 Å². The van der Waals surface area contributed by atoms with Gasteiger partial charge in [-0.15, -0.1) is 11.3 Å². The van der Waals surface area contributed by atoms with E-state index in [0.717, 1.165) is 44.3 Å². The molecule has 118 valence electrons. The lowest BCUT2D eigenvalue weighted by atomic mass is 10.1. The molecule has 0 aliphatic carbocycles. The van der Waals surface area contributed by atoms with E-state index < -0.39 is 0 Å². The summed E-state index contributed by atoms with van der Waals surface area (Å²) >= 11 is 1.61. The molecule has 21 heavy (non-hydrogen) atoms. The van der Waals surface area contributed by atoms with Gasteiger partial charge in [-0.1, -0.05) is 20.8 Å². The molecular weight excluding hydrogens is 284 g/mol. The van der Waals surface area contributed by atoms with Crippen LogP contribution < -0.4 is 10.2 Å². The Morgan fingerprint density at radius 3 is 2.95 bits per heavy atom. The number of piperazine rings is 1. The predicted molar refractivity (Wildman–Crippen MR) is 87.8 cm³/mol. The Hall–Kier alpha value is -1.14. The van der Waals surface area contributed by atoms with Gasteiger partial charge < -0.3 is 10.2 Å². The van der Waals surface area contributed by atoms with Crippen LogP contribution in [0.5, 0.6) is 0 Å². The summed E-state index contributed by atoms with van der Waals surface area (Å²) in [5.41, 5.74) is 0. The normalized spacial score (nSPS) is 20.0. The summed E-state index contributed by atoms with van der Waals surface area (Å²) in [5.74, 6) is 0.747. The molecule has 2 rings (SSSR count). The van der Waals surface area contributed by atoms with Gasteiger partial charge in [-0.3, -0.25) is 9.69 Å². The summed E-state index contributed by atoms with van der Waals surface area (Å²) in [4.78, 5) is 21.4. The number of hydrogen-bond acceptors (Lipinski definition) is 5. The van der Waals surface area contributed by atoms with E-state index in [-0.39, 0.29) is 11.9 Å². The highest BCUT2D eigenvalue weighted by Gasteiger charge is 2.33. The number of nitrogens with zero attached hydrogens (tertiary/aromatic N) is 3. The van der Waals surface area contributed by atoms with Crippen molar-refractivity contribution in [1.82, 2.24) is 15.2 Å². The van der Waals surface area contributed by atoms with Crippen molar-refractivity contribution in [2.24, 2.45) is 5.92 Å². The van der Waals surface area contributed by atoms with Gasteiger partial charge in [0.25, 0.3) is 0 Å². The fourth-order valence-electron chi connectivity index (χ4n) is 2.70. The van der Waals surface area contributed by atoms with E-state index >= 15 is 0 Å². The quantitative estimate of drug-likeness (QED) is 0.871. The lowest BCUT2D eigenvalue weighted by Gasteiger charge is -2.41. The Morgan fingerprint density at radius 1 is 1.52 bits per heavy atom. The SMILES string of the molecule is CCCNC(=O)C1CN(CC(C)C)CCN1c1nccs1. The van der Waals surface area contributed by atoms with Crippen molar-refractivity contribution in [3.63, 3.8) is 0 Å². The first-order chi connectivity index (χ1) is 10.1. The van der Waals surface area contributed by atoms with Crippen molar-refractivity contribution in [3.05, 3.63) is 11.6 Å². The molecule has 1 unspecified atom stereocenters. The molecular formula is C15H26N4OS. The average molecular weight is 310 g/mol. The second-order valence-electron chi connectivity index (χ2n) is 5.97. The van der Waals surface area contributed by atoms with Crippen LogP contribution in [0.3, 0.4) is 0 Å². The van der Waals surface area contributed by atoms with E-state index in [1.165, 1.54) is 0 Å². The number of aromatic nitrogens is 1. The molecule has 1 amide bonds. The first-order valence-corrected chi connectivity index (χ1v) is 8.66. The maximum Gasteiger partial charge on any atom is 0.244 e. The topological polar surface area (TPSA) is 48.5 Å². The Kier molecular flexibility index (Phi) is 5.99. The number of carbonyl (C=O) groups excluding carboxylic acids is 1. The molecule has 2 heterocycles. The minimum atomic E-state index is -0.129. The highest BCUT2D eigenvalue weighted by Crippen LogP contribution is 2.23. The van der Waals surface area contributed by atoms with Crippen molar-refractivity contribution < 1.29 is 4.79 Å². The second kappa shape index (κ2) is 7.75. The average Bonchev–Trinajstić information content (AvgIpc) is 2.98. The molecule has 0 spiro atoms. The van der Waals surface area contributed by atoms with E-state index in [9.17, 15) is 4.79 Å². The molecule has 1 saturated heterocycles. The summed E-state index contributed by atoms with van der Waals surface area (Å²) in [5, 5.41) is 5.96. The zero-order valence-corrected chi connectivity index (χ0v) is 14.0. The summed E-state index contributed by atoms with van der Waals surface area (Å²) in [6, 6.07) is -0.129. The van der Waals surface area contributed by atoms with E-state index in [1.807, 2.05) is 11.6 Å². The van der Waals surface area contributed by atoms with Crippen molar-refractivity contribution in [2.75, 3.05) is 37.6 Å². The number of anilines is 1. The minimum absolute atomic E-state index is 0.125. The number of thiazole rings is 1. The van der Waals surface area contributed by atoms with Crippen LogP contribution in [-0.2, 0) is 4.79 Å². The molecule has 1 N–H and O–H groups in total. The van der Waals surface area contributed by atoms with E-state index in [1.54, 1.807) is 11.3 Å². The highest BCUT2D eigenvalue weighted by molar-refractivity contribution is 7.13. The highest BCUT2D eigenvalue weighted by atomic mass is 32.1. The Balaban J connectivity index is 2.07. The van der Waals surface area contributed by atoms with Crippen molar-refractivity contribution >= 4 is 22.4 Å². The van der Waals surface area contributed by atoms with Crippen LogP contribution in [0.4, 0.5) is 5.13 Å². The lowest BCUT2D eigenvalue weighted by molar-refractivity contribution is -0.123. The third-order valence-corrected chi connectivity index (χ3v) is 4.41. The first kappa shape index (κ1) is 16.2. The molecule has 1 aromatic heterocycles. The standard InChI is InChI=1S/C15H26N4OS/c1-4-5-16-14(20)13-11-18(10-12(2)3)7-8-19(13)15-17-6-9-21-15/h6,9,12-13H,4-5,7-8,10-11H2,1-3H3,(H,16,20). The molecule has 0 radical (unpaired) electrons. The van der Waals surface area contributed by atoms with Gasteiger partial charge in [0.1, 0.15) is 6.04 Å². The van der Waals surface area contributed by atoms with Gasteiger partial charge >= 0.3 is 0 Å². The zero-order valence-electron chi connectivity index (χ0n) is 13.2. The summed E-state index contributed by atoms with van der Waals surface area (Å²) < 4.78 is 0. The van der Waals surface area contributed by atoms with Gasteiger partial charge in [-0.2, -0.15) is 0 Å². The largest absolute Gasteiger partial charge is 0.354 e. The van der Waals surface area contributed by atoms with Gasteiger partial charge in [0.05, 0.1) is 0 Å². The lowest BCUT2D eigenvalue weighted by Crippen LogP contribution is -2.59. The number of rotatable bonds is 6. The Morgan fingerprint density at radius 2 is 2.33 bits per heavy atom. The maximum absolute atomic E-state index is 12.5. The number of carbonyl (C=O) groups is 1. The minimum Gasteiger partial charge on any atom is -0.354 e. The third kappa shape index (κ3) is 4.41. The van der Waals surface area contributed by atoms with Gasteiger partial charge in [-0.05, 0) is 12.3 Å². The number of amides is 1. The predicted octanol–water partition coefficient (Wildman–Crippen LogP) is 1.82. The fourth-order valence-corrected chi connectivity index (χ4v) is 3.42. The van der Waals surface area contributed by atoms with Gasteiger partial charge in [0, 0.05) is 44.3 Å². The molecule has 0 saturated carbocycles. The van der Waals surface area contributed by atoms with Gasteiger partial charge in [0.2, 0.25) is 5.91 Å². The molecule has 0 bridgehead atoms. The smallest absolute Gasteiger partial charge is 0.244 e. The monoisotopic (exact) mass is 310 g/mol. The maximum atomic E-state index is 12.5. The van der Waals surface area contributed by atoms with Gasteiger partial charge in [-0.25, -0.2) is 4.98 Å². The van der Waals surface area contributed by atoms with Crippen LogP contribution in [0.2, 0.25) is 0 Å². The Labute approximate surface area is 131 Å². The van der Waals surface area contributed by atoms with E-state index in [2.05, 4.69) is 40.9 Å². The molecule has 1 atom stereocenters. The third-order valence-electron chi connectivity index (χ3n) is 3.60. The van der Waals surface area contributed by atoms with E-state index in [4.69, 9.17) is 0 Å². The first-order valence-electron chi connectivity index (χ1n) is 7.78. The molecule has 1 fully saturated rings. The molecule has 1 aliphatic heterocycles. The van der Waals surface area contributed by atoms with Crippen molar-refractivity contribution in [2.45, 2.75) is 33.2 Å². The van der Waals surface area contributed by atoms with Crippen LogP contribution in [0, 0.1) is 5.92 Å². The molecule has 5 nitrogen and oxygen atoms in total. The molecule has 6 heteroatoms. The fraction of sp³-hybridized carbons (Fsp3) is 0.733. The van der Waals surface area contributed by atoms with Gasteiger partial charge in [0.15, 0.2) is 5.13 Å². The van der Waals surface area contributed by atoms with Crippen LogP contribution in [0.1, 0.15) is 27.2 Å². The Bertz CT molecular complexity index is 435. The molecule has 1 aromatic rings. The van der Waals surface area contributed by atoms with Crippen LogP contribution in [0.25, 0.3) is 0 Å². The summed E-state index contributed by atoms with van der Waals surface area (Å²) in [6.45, 7) is 10.9. The molecule has 0 aromatic carbocycles. The second-order valence-corrected chi connectivity index (χ2v) is 6.84. The number of hydrogen-bond donors (Lipinski definition) is 1. The summed E-state index contributed by atoms with van der Waals surface area (Å²) in [7, 11) is 0. The van der Waals surface area contributed by atoms with Crippen LogP contribution >= 0.6 is 11.3 Å². The molecule has 1 aliphatic rings. The summed E-state index contributed by atoms with van der Waals surface area (Å²) in [6.07, 6.45) is 2.77. The number of nitrogens with one attached hydrogen (secondary N) is 1.